The third-order valence-electron chi connectivity index (χ3n) is 4.53. The van der Waals surface area contributed by atoms with Gasteiger partial charge in [-0.15, -0.1) is 0 Å². The van der Waals surface area contributed by atoms with E-state index in [9.17, 15) is 9.90 Å². The quantitative estimate of drug-likeness (QED) is 0.861. The fraction of sp³-hybridized carbons (Fsp3) is 0.350. The van der Waals surface area contributed by atoms with Gasteiger partial charge < -0.3 is 10.4 Å². The van der Waals surface area contributed by atoms with Crippen molar-refractivity contribution in [2.75, 3.05) is 13.1 Å². The van der Waals surface area contributed by atoms with Crippen molar-refractivity contribution in [3.05, 3.63) is 64.7 Å². The Morgan fingerprint density at radius 3 is 2.72 bits per heavy atom. The van der Waals surface area contributed by atoms with Crippen LogP contribution in [0.3, 0.4) is 0 Å². The molecule has 132 valence electrons. The summed E-state index contributed by atoms with van der Waals surface area (Å²) in [6.45, 7) is 2.74. The molecular weight excluding hydrogens is 336 g/mol. The molecule has 1 heterocycles. The fourth-order valence-corrected chi connectivity index (χ4v) is 3.40. The lowest BCUT2D eigenvalue weighted by atomic mass is 10.0. The van der Waals surface area contributed by atoms with Crippen LogP contribution in [0.15, 0.2) is 48.5 Å². The van der Waals surface area contributed by atoms with E-state index in [2.05, 4.69) is 10.2 Å². The smallest absolute Gasteiger partial charge is 0.224 e. The lowest BCUT2D eigenvalue weighted by Gasteiger charge is -2.33. The zero-order valence-electron chi connectivity index (χ0n) is 14.1. The summed E-state index contributed by atoms with van der Waals surface area (Å²) in [4.78, 5) is 14.6. The van der Waals surface area contributed by atoms with E-state index in [1.807, 2.05) is 30.3 Å². The summed E-state index contributed by atoms with van der Waals surface area (Å²) in [6.07, 6.45) is 2.26. The third-order valence-corrected chi connectivity index (χ3v) is 4.78. The van der Waals surface area contributed by atoms with E-state index in [0.717, 1.165) is 37.5 Å². The number of rotatable bonds is 5. The average molecular weight is 359 g/mol. The second kappa shape index (κ2) is 8.37. The van der Waals surface area contributed by atoms with Crippen LogP contribution in [0.25, 0.3) is 0 Å². The number of amides is 1. The van der Waals surface area contributed by atoms with E-state index in [1.165, 1.54) is 5.56 Å². The van der Waals surface area contributed by atoms with Gasteiger partial charge in [0.2, 0.25) is 5.91 Å². The SMILES string of the molecule is O=C(Cc1ccccc1O)N[C@H]1CCCN(Cc2ccc(Cl)cc2)C1. The number of hydrogen-bond donors (Lipinski definition) is 2. The minimum Gasteiger partial charge on any atom is -0.508 e. The number of phenols is 1. The lowest BCUT2D eigenvalue weighted by molar-refractivity contribution is -0.121. The van der Waals surface area contributed by atoms with Crippen molar-refractivity contribution >= 4 is 17.5 Å². The van der Waals surface area contributed by atoms with E-state index in [-0.39, 0.29) is 24.1 Å². The number of piperidine rings is 1. The number of hydrogen-bond acceptors (Lipinski definition) is 3. The van der Waals surface area contributed by atoms with Gasteiger partial charge in [-0.25, -0.2) is 0 Å². The van der Waals surface area contributed by atoms with Crippen molar-refractivity contribution in [2.24, 2.45) is 0 Å². The van der Waals surface area contributed by atoms with E-state index < -0.39 is 0 Å². The van der Waals surface area contributed by atoms with Gasteiger partial charge in [0.1, 0.15) is 5.75 Å². The van der Waals surface area contributed by atoms with Crippen molar-refractivity contribution in [2.45, 2.75) is 31.8 Å². The summed E-state index contributed by atoms with van der Waals surface area (Å²) in [5.41, 5.74) is 1.89. The number of para-hydroxylation sites is 1. The summed E-state index contributed by atoms with van der Waals surface area (Å²) in [6, 6.07) is 15.0. The summed E-state index contributed by atoms with van der Waals surface area (Å²) in [5, 5.41) is 13.6. The van der Waals surface area contributed by atoms with Crippen LogP contribution in [0.4, 0.5) is 0 Å². The van der Waals surface area contributed by atoms with Crippen LogP contribution < -0.4 is 5.32 Å². The van der Waals surface area contributed by atoms with Gasteiger partial charge >= 0.3 is 0 Å². The zero-order chi connectivity index (χ0) is 17.6. The normalized spacial score (nSPS) is 18.0. The minimum atomic E-state index is -0.0418. The molecule has 4 nitrogen and oxygen atoms in total. The maximum Gasteiger partial charge on any atom is 0.224 e. The highest BCUT2D eigenvalue weighted by Gasteiger charge is 2.21. The van der Waals surface area contributed by atoms with Gasteiger partial charge in [0.25, 0.3) is 0 Å². The highest BCUT2D eigenvalue weighted by molar-refractivity contribution is 6.30. The molecule has 0 bridgehead atoms. The van der Waals surface area contributed by atoms with Gasteiger partial charge in [-0.2, -0.15) is 0 Å². The molecule has 3 rings (SSSR count). The van der Waals surface area contributed by atoms with Crippen molar-refractivity contribution < 1.29 is 9.90 Å². The predicted molar refractivity (Wildman–Crippen MR) is 99.7 cm³/mol. The molecule has 1 aliphatic heterocycles. The number of carbonyl (C=O) groups excluding carboxylic acids is 1. The van der Waals surface area contributed by atoms with Crippen molar-refractivity contribution in [3.8, 4) is 5.75 Å². The minimum absolute atomic E-state index is 0.0418. The molecule has 0 saturated carbocycles. The first kappa shape index (κ1) is 17.8. The molecule has 0 spiro atoms. The number of likely N-dealkylation sites (tertiary alicyclic amines) is 1. The molecule has 1 saturated heterocycles. The van der Waals surface area contributed by atoms with E-state index in [4.69, 9.17) is 11.6 Å². The van der Waals surface area contributed by atoms with E-state index in [1.54, 1.807) is 18.2 Å². The van der Waals surface area contributed by atoms with Gasteiger partial charge in [-0.1, -0.05) is 41.9 Å². The Balaban J connectivity index is 1.52. The van der Waals surface area contributed by atoms with Gasteiger partial charge in [0.15, 0.2) is 0 Å². The average Bonchev–Trinajstić information content (AvgIpc) is 2.59. The van der Waals surface area contributed by atoms with Gasteiger partial charge in [0.05, 0.1) is 6.42 Å². The molecule has 2 aromatic carbocycles. The first-order valence-electron chi connectivity index (χ1n) is 8.63. The van der Waals surface area contributed by atoms with Crippen LogP contribution in [0, 0.1) is 0 Å². The van der Waals surface area contributed by atoms with Crippen LogP contribution in [-0.4, -0.2) is 35.0 Å². The Kier molecular flexibility index (Phi) is 5.95. The fourth-order valence-electron chi connectivity index (χ4n) is 3.28. The number of benzene rings is 2. The maximum atomic E-state index is 12.3. The second-order valence-electron chi connectivity index (χ2n) is 6.57. The number of nitrogens with zero attached hydrogens (tertiary/aromatic N) is 1. The molecule has 2 aromatic rings. The lowest BCUT2D eigenvalue weighted by Crippen LogP contribution is -2.47. The second-order valence-corrected chi connectivity index (χ2v) is 7.01. The molecule has 2 N–H and O–H groups in total. The molecule has 1 amide bonds. The number of phenolic OH excluding ortho intramolecular Hbond substituents is 1. The summed E-state index contributed by atoms with van der Waals surface area (Å²) in [5.74, 6) is 0.130. The van der Waals surface area contributed by atoms with Gasteiger partial charge in [0, 0.05) is 29.7 Å². The molecule has 25 heavy (non-hydrogen) atoms. The van der Waals surface area contributed by atoms with Gasteiger partial charge in [-0.05, 0) is 43.1 Å². The van der Waals surface area contributed by atoms with E-state index >= 15 is 0 Å². The summed E-state index contributed by atoms with van der Waals surface area (Å²) < 4.78 is 0. The van der Waals surface area contributed by atoms with Crippen LogP contribution >= 0.6 is 11.6 Å². The Labute approximate surface area is 153 Å². The van der Waals surface area contributed by atoms with Crippen molar-refractivity contribution in [1.82, 2.24) is 10.2 Å². The molecule has 1 atom stereocenters. The molecule has 0 unspecified atom stereocenters. The monoisotopic (exact) mass is 358 g/mol. The van der Waals surface area contributed by atoms with E-state index in [0.29, 0.717) is 5.56 Å². The first-order chi connectivity index (χ1) is 12.1. The Morgan fingerprint density at radius 2 is 1.96 bits per heavy atom. The molecule has 1 fully saturated rings. The molecular formula is C20H23ClN2O2. The third kappa shape index (κ3) is 5.21. The molecule has 1 aliphatic rings. The molecule has 0 aliphatic carbocycles. The Hall–Kier alpha value is -2.04. The highest BCUT2D eigenvalue weighted by Crippen LogP contribution is 2.18. The highest BCUT2D eigenvalue weighted by atomic mass is 35.5. The van der Waals surface area contributed by atoms with Crippen LogP contribution in [0.5, 0.6) is 5.75 Å². The standard InChI is InChI=1S/C20H23ClN2O2/c21-17-9-7-15(8-10-17)13-23-11-3-5-18(14-23)22-20(25)12-16-4-1-2-6-19(16)24/h1-2,4,6-10,18,24H,3,5,11-14H2,(H,22,25)/t18-/m0/s1. The first-order valence-corrected chi connectivity index (χ1v) is 9.01. The van der Waals surface area contributed by atoms with Crippen molar-refractivity contribution in [1.29, 1.82) is 0 Å². The summed E-state index contributed by atoms with van der Waals surface area (Å²) >= 11 is 5.93. The summed E-state index contributed by atoms with van der Waals surface area (Å²) in [7, 11) is 0. The zero-order valence-corrected chi connectivity index (χ0v) is 14.9. The largest absolute Gasteiger partial charge is 0.508 e. The Morgan fingerprint density at radius 1 is 1.20 bits per heavy atom. The number of halogens is 1. The van der Waals surface area contributed by atoms with Crippen LogP contribution in [0.1, 0.15) is 24.0 Å². The van der Waals surface area contributed by atoms with Crippen LogP contribution in [-0.2, 0) is 17.8 Å². The predicted octanol–water partition coefficient (Wildman–Crippen LogP) is 3.37. The van der Waals surface area contributed by atoms with Gasteiger partial charge in [-0.3, -0.25) is 9.69 Å². The van der Waals surface area contributed by atoms with Crippen molar-refractivity contribution in [3.63, 3.8) is 0 Å². The number of aromatic hydroxyl groups is 1. The topological polar surface area (TPSA) is 52.6 Å². The molecule has 0 radical (unpaired) electrons. The number of carbonyl (C=O) groups is 1. The Bertz CT molecular complexity index is 718. The van der Waals surface area contributed by atoms with Crippen LogP contribution in [0.2, 0.25) is 5.02 Å². The number of nitrogens with one attached hydrogen (secondary N) is 1. The maximum absolute atomic E-state index is 12.3. The molecule has 5 heteroatoms. The molecule has 0 aromatic heterocycles.